The maximum Gasteiger partial charge on any atom is 0.253 e. The van der Waals surface area contributed by atoms with Gasteiger partial charge in [-0.05, 0) is 52.0 Å². The van der Waals surface area contributed by atoms with Crippen LogP contribution in [0.15, 0.2) is 48.5 Å². The Morgan fingerprint density at radius 1 is 0.929 bits per heavy atom. The lowest BCUT2D eigenvalue weighted by molar-refractivity contribution is -0.116. The first-order chi connectivity index (χ1) is 13.2. The highest BCUT2D eigenvalue weighted by molar-refractivity contribution is 6.04. The van der Waals surface area contributed by atoms with E-state index in [0.29, 0.717) is 16.8 Å². The van der Waals surface area contributed by atoms with Crippen LogP contribution in [-0.4, -0.2) is 29.8 Å². The molecule has 0 saturated heterocycles. The molecule has 6 heteroatoms. The summed E-state index contributed by atoms with van der Waals surface area (Å²) in [6, 6.07) is 14.1. The summed E-state index contributed by atoms with van der Waals surface area (Å²) in [5.74, 6) is -0.752. The number of carbonyl (C=O) groups is 3. The quantitative estimate of drug-likeness (QED) is 0.718. The number of anilines is 1. The number of carbonyl (C=O) groups excluding carboxylic acids is 3. The number of aryl methyl sites for hydroxylation is 1. The number of para-hydroxylation sites is 1. The lowest BCUT2D eigenvalue weighted by Crippen LogP contribution is -2.40. The molecule has 148 valence electrons. The summed E-state index contributed by atoms with van der Waals surface area (Å²) in [5.41, 5.74) is 2.02. The third-order valence-corrected chi connectivity index (χ3v) is 3.85. The fourth-order valence-corrected chi connectivity index (χ4v) is 2.59. The number of amides is 3. The molecular formula is C22H27N3O3. The topological polar surface area (TPSA) is 87.3 Å². The highest BCUT2D eigenvalue weighted by atomic mass is 16.2. The monoisotopic (exact) mass is 381 g/mol. The first-order valence-corrected chi connectivity index (χ1v) is 9.22. The number of rotatable bonds is 6. The number of nitrogens with one attached hydrogen (secondary N) is 3. The van der Waals surface area contributed by atoms with Gasteiger partial charge in [0.2, 0.25) is 5.91 Å². The maximum atomic E-state index is 12.4. The zero-order valence-corrected chi connectivity index (χ0v) is 16.8. The molecule has 3 N–H and O–H groups in total. The third kappa shape index (κ3) is 6.54. The summed E-state index contributed by atoms with van der Waals surface area (Å²) in [7, 11) is 0. The summed E-state index contributed by atoms with van der Waals surface area (Å²) in [5, 5.41) is 8.36. The van der Waals surface area contributed by atoms with Crippen LogP contribution < -0.4 is 16.0 Å². The van der Waals surface area contributed by atoms with Gasteiger partial charge in [0.15, 0.2) is 0 Å². The van der Waals surface area contributed by atoms with E-state index in [4.69, 9.17) is 0 Å². The van der Waals surface area contributed by atoms with Crippen molar-refractivity contribution in [2.24, 2.45) is 0 Å². The van der Waals surface area contributed by atoms with E-state index in [1.807, 2.05) is 39.8 Å². The molecule has 0 spiro atoms. The minimum Gasteiger partial charge on any atom is -0.352 e. The van der Waals surface area contributed by atoms with Crippen LogP contribution in [-0.2, 0) is 4.79 Å². The average molecular weight is 381 g/mol. The second-order valence-electron chi connectivity index (χ2n) is 7.67. The SMILES string of the molecule is Cc1cccc(C(=O)NCCC(=O)Nc2ccccc2C(=O)NC(C)(C)C)c1. The van der Waals surface area contributed by atoms with E-state index < -0.39 is 0 Å². The normalized spacial score (nSPS) is 10.9. The van der Waals surface area contributed by atoms with E-state index in [0.717, 1.165) is 5.56 Å². The van der Waals surface area contributed by atoms with Gasteiger partial charge in [0.1, 0.15) is 0 Å². The van der Waals surface area contributed by atoms with Gasteiger partial charge in [0, 0.05) is 24.1 Å². The van der Waals surface area contributed by atoms with Crippen LogP contribution in [0.25, 0.3) is 0 Å². The van der Waals surface area contributed by atoms with Crippen molar-refractivity contribution in [2.45, 2.75) is 39.7 Å². The first kappa shape index (κ1) is 21.2. The fraction of sp³-hybridized carbons (Fsp3) is 0.318. The molecule has 0 saturated carbocycles. The molecule has 28 heavy (non-hydrogen) atoms. The van der Waals surface area contributed by atoms with Crippen molar-refractivity contribution in [2.75, 3.05) is 11.9 Å². The van der Waals surface area contributed by atoms with Crippen LogP contribution in [0.2, 0.25) is 0 Å². The molecule has 0 aliphatic rings. The molecule has 0 fully saturated rings. The van der Waals surface area contributed by atoms with Crippen LogP contribution in [0.1, 0.15) is 53.5 Å². The van der Waals surface area contributed by atoms with Crippen molar-refractivity contribution in [1.82, 2.24) is 10.6 Å². The number of hydrogen-bond acceptors (Lipinski definition) is 3. The van der Waals surface area contributed by atoms with Gasteiger partial charge in [-0.3, -0.25) is 14.4 Å². The molecule has 0 unspecified atom stereocenters. The summed E-state index contributed by atoms with van der Waals surface area (Å²) < 4.78 is 0. The van der Waals surface area contributed by atoms with Gasteiger partial charge in [-0.2, -0.15) is 0 Å². The smallest absolute Gasteiger partial charge is 0.253 e. The Bertz CT molecular complexity index is 869. The zero-order valence-electron chi connectivity index (χ0n) is 16.8. The minimum atomic E-state index is -0.381. The van der Waals surface area contributed by atoms with Crippen LogP contribution in [0, 0.1) is 6.92 Å². The van der Waals surface area contributed by atoms with E-state index >= 15 is 0 Å². The van der Waals surface area contributed by atoms with Gasteiger partial charge in [-0.1, -0.05) is 29.8 Å². The molecule has 2 aromatic carbocycles. The van der Waals surface area contributed by atoms with Crippen molar-refractivity contribution >= 4 is 23.4 Å². The van der Waals surface area contributed by atoms with Gasteiger partial charge in [-0.15, -0.1) is 0 Å². The predicted molar refractivity (Wildman–Crippen MR) is 110 cm³/mol. The predicted octanol–water partition coefficient (Wildman–Crippen LogP) is 3.28. The highest BCUT2D eigenvalue weighted by Crippen LogP contribution is 2.16. The average Bonchev–Trinajstić information content (AvgIpc) is 2.60. The van der Waals surface area contributed by atoms with Gasteiger partial charge in [-0.25, -0.2) is 0 Å². The molecule has 2 aromatic rings. The Hall–Kier alpha value is -3.15. The van der Waals surface area contributed by atoms with E-state index in [1.165, 1.54) is 0 Å². The van der Waals surface area contributed by atoms with Crippen molar-refractivity contribution in [3.63, 3.8) is 0 Å². The van der Waals surface area contributed by atoms with E-state index in [9.17, 15) is 14.4 Å². The molecular weight excluding hydrogens is 354 g/mol. The van der Waals surface area contributed by atoms with Crippen LogP contribution in [0.4, 0.5) is 5.69 Å². The minimum absolute atomic E-state index is 0.104. The second-order valence-corrected chi connectivity index (χ2v) is 7.67. The highest BCUT2D eigenvalue weighted by Gasteiger charge is 2.18. The summed E-state index contributed by atoms with van der Waals surface area (Å²) in [6.45, 7) is 7.79. The molecule has 6 nitrogen and oxygen atoms in total. The molecule has 0 heterocycles. The van der Waals surface area contributed by atoms with Gasteiger partial charge >= 0.3 is 0 Å². The van der Waals surface area contributed by atoms with E-state index in [2.05, 4.69) is 16.0 Å². The van der Waals surface area contributed by atoms with E-state index in [1.54, 1.807) is 36.4 Å². The molecule has 2 rings (SSSR count). The standard InChI is InChI=1S/C22H27N3O3/c1-15-8-7-9-16(14-15)20(27)23-13-12-19(26)24-18-11-6-5-10-17(18)21(28)25-22(2,3)4/h5-11,14H,12-13H2,1-4H3,(H,23,27)(H,24,26)(H,25,28). The Labute approximate surface area is 165 Å². The molecule has 0 radical (unpaired) electrons. The molecule has 0 aliphatic heterocycles. The molecule has 3 amide bonds. The summed E-state index contributed by atoms with van der Waals surface area (Å²) >= 11 is 0. The van der Waals surface area contributed by atoms with Crippen LogP contribution in [0.3, 0.4) is 0 Å². The fourth-order valence-electron chi connectivity index (χ4n) is 2.59. The van der Waals surface area contributed by atoms with Gasteiger partial charge < -0.3 is 16.0 Å². The second kappa shape index (κ2) is 9.17. The molecule has 0 atom stereocenters. The Morgan fingerprint density at radius 3 is 2.32 bits per heavy atom. The van der Waals surface area contributed by atoms with Crippen LogP contribution >= 0.6 is 0 Å². The van der Waals surface area contributed by atoms with Crippen LogP contribution in [0.5, 0.6) is 0 Å². The molecule has 0 aromatic heterocycles. The molecule has 0 aliphatic carbocycles. The zero-order chi connectivity index (χ0) is 20.7. The van der Waals surface area contributed by atoms with Crippen molar-refractivity contribution < 1.29 is 14.4 Å². The lowest BCUT2D eigenvalue weighted by atomic mass is 10.1. The maximum absolute atomic E-state index is 12.4. The first-order valence-electron chi connectivity index (χ1n) is 9.22. The Balaban J connectivity index is 1.91. The lowest BCUT2D eigenvalue weighted by Gasteiger charge is -2.21. The van der Waals surface area contributed by atoms with Crippen molar-refractivity contribution in [1.29, 1.82) is 0 Å². The third-order valence-electron chi connectivity index (χ3n) is 3.85. The van der Waals surface area contributed by atoms with Crippen molar-refractivity contribution in [3.8, 4) is 0 Å². The van der Waals surface area contributed by atoms with Gasteiger partial charge in [0.25, 0.3) is 11.8 Å². The molecule has 0 bridgehead atoms. The number of hydrogen-bond donors (Lipinski definition) is 3. The Kier molecular flexibility index (Phi) is 6.93. The van der Waals surface area contributed by atoms with Crippen molar-refractivity contribution in [3.05, 3.63) is 65.2 Å². The summed E-state index contributed by atoms with van der Waals surface area (Å²) in [6.07, 6.45) is 0.104. The largest absolute Gasteiger partial charge is 0.352 e. The summed E-state index contributed by atoms with van der Waals surface area (Å²) in [4.78, 5) is 36.8. The van der Waals surface area contributed by atoms with E-state index in [-0.39, 0.29) is 36.2 Å². The van der Waals surface area contributed by atoms with Gasteiger partial charge in [0.05, 0.1) is 11.3 Å². The Morgan fingerprint density at radius 2 is 1.64 bits per heavy atom. The number of benzene rings is 2.